The maximum absolute atomic E-state index is 13.9. The Kier molecular flexibility index (Phi) is 6.30. The Morgan fingerprint density at radius 2 is 1.66 bits per heavy atom. The van der Waals surface area contributed by atoms with Crippen LogP contribution in [0.25, 0.3) is 27.8 Å². The van der Waals surface area contributed by atoms with Gasteiger partial charge in [-0.3, -0.25) is 4.79 Å². The molecule has 7 rings (SSSR count). The van der Waals surface area contributed by atoms with Gasteiger partial charge in [-0.05, 0) is 73.0 Å². The average Bonchev–Trinajstić information content (AvgIpc) is 3.58. The summed E-state index contributed by atoms with van der Waals surface area (Å²) < 4.78 is 31.7. The quantitative estimate of drug-likeness (QED) is 0.241. The van der Waals surface area contributed by atoms with Crippen molar-refractivity contribution in [3.05, 3.63) is 126 Å². The fourth-order valence-corrected chi connectivity index (χ4v) is 5.89. The monoisotopic (exact) mass is 547 g/mol. The summed E-state index contributed by atoms with van der Waals surface area (Å²) in [7, 11) is 0. The zero-order valence-electron chi connectivity index (χ0n) is 22.3. The fraction of sp³-hybridized carbons (Fsp3) is 0.182. The van der Waals surface area contributed by atoms with Gasteiger partial charge in [-0.25, -0.2) is 18.7 Å². The largest absolute Gasteiger partial charge is 0.339 e. The summed E-state index contributed by atoms with van der Waals surface area (Å²) in [4.78, 5) is 24.9. The molecule has 1 aliphatic heterocycles. The molecule has 0 saturated carbocycles. The number of rotatable bonds is 5. The molecule has 4 heterocycles. The SMILES string of the molecule is O=C(c1cnc2c(ccn2-c2cccc(F)c2)c1)N1CCC(c2nc3ccccc3n2Cc2cccc(F)c2)CC1. The number of imidazole rings is 1. The molecule has 6 aromatic rings. The second-order valence-electron chi connectivity index (χ2n) is 10.5. The molecule has 0 unspecified atom stereocenters. The van der Waals surface area contributed by atoms with Crippen molar-refractivity contribution in [1.82, 2.24) is 24.0 Å². The number of nitrogens with zero attached hydrogens (tertiary/aromatic N) is 5. The van der Waals surface area contributed by atoms with Gasteiger partial charge in [0.15, 0.2) is 0 Å². The highest BCUT2D eigenvalue weighted by Crippen LogP contribution is 2.32. The van der Waals surface area contributed by atoms with Gasteiger partial charge in [0.1, 0.15) is 23.1 Å². The molecular weight excluding hydrogens is 520 g/mol. The van der Waals surface area contributed by atoms with E-state index in [4.69, 9.17) is 4.98 Å². The molecule has 6 nitrogen and oxygen atoms in total. The predicted molar refractivity (Wildman–Crippen MR) is 154 cm³/mol. The van der Waals surface area contributed by atoms with Crippen LogP contribution in [0.15, 0.2) is 97.3 Å². The molecule has 0 atom stereocenters. The third kappa shape index (κ3) is 4.75. The third-order valence-corrected chi connectivity index (χ3v) is 7.92. The molecule has 8 heteroatoms. The Balaban J connectivity index is 1.10. The number of amides is 1. The molecule has 1 saturated heterocycles. The first-order valence-corrected chi connectivity index (χ1v) is 13.8. The van der Waals surface area contributed by atoms with Crippen molar-refractivity contribution in [2.75, 3.05) is 13.1 Å². The molecule has 1 amide bonds. The van der Waals surface area contributed by atoms with E-state index in [0.717, 1.165) is 40.6 Å². The van der Waals surface area contributed by atoms with Gasteiger partial charge >= 0.3 is 0 Å². The normalized spacial score (nSPS) is 14.2. The second-order valence-corrected chi connectivity index (χ2v) is 10.5. The van der Waals surface area contributed by atoms with E-state index in [1.165, 1.54) is 18.2 Å². The number of para-hydroxylation sites is 2. The van der Waals surface area contributed by atoms with Gasteiger partial charge in [0.05, 0.1) is 16.6 Å². The first-order valence-electron chi connectivity index (χ1n) is 13.8. The minimum absolute atomic E-state index is 0.0513. The van der Waals surface area contributed by atoms with Crippen LogP contribution in [0.3, 0.4) is 0 Å². The minimum atomic E-state index is -0.316. The summed E-state index contributed by atoms with van der Waals surface area (Å²) in [5.74, 6) is 0.539. The number of benzene rings is 3. The summed E-state index contributed by atoms with van der Waals surface area (Å²) in [6.07, 6.45) is 5.00. The Bertz CT molecular complexity index is 1900. The van der Waals surface area contributed by atoms with Crippen LogP contribution < -0.4 is 0 Å². The number of fused-ring (bicyclic) bond motifs is 2. The number of hydrogen-bond donors (Lipinski definition) is 0. The lowest BCUT2D eigenvalue weighted by molar-refractivity contribution is 0.0710. The molecule has 41 heavy (non-hydrogen) atoms. The number of pyridine rings is 1. The number of aromatic nitrogens is 4. The van der Waals surface area contributed by atoms with E-state index in [1.807, 2.05) is 58.1 Å². The van der Waals surface area contributed by atoms with Crippen LogP contribution in [-0.2, 0) is 6.54 Å². The first kappa shape index (κ1) is 25.1. The first-order chi connectivity index (χ1) is 20.0. The Morgan fingerprint density at radius 1 is 0.878 bits per heavy atom. The van der Waals surface area contributed by atoms with Gasteiger partial charge in [0.2, 0.25) is 0 Å². The van der Waals surface area contributed by atoms with E-state index in [-0.39, 0.29) is 23.5 Å². The van der Waals surface area contributed by atoms with Crippen molar-refractivity contribution >= 4 is 28.0 Å². The second kappa shape index (κ2) is 10.3. The molecule has 3 aromatic carbocycles. The van der Waals surface area contributed by atoms with E-state index in [0.29, 0.717) is 36.5 Å². The maximum Gasteiger partial charge on any atom is 0.255 e. The van der Waals surface area contributed by atoms with Crippen molar-refractivity contribution in [3.8, 4) is 5.69 Å². The molecule has 0 N–H and O–H groups in total. The van der Waals surface area contributed by atoms with Gasteiger partial charge in [-0.1, -0.05) is 30.3 Å². The molecule has 0 bridgehead atoms. The number of halogens is 2. The fourth-order valence-electron chi connectivity index (χ4n) is 5.89. The number of carbonyl (C=O) groups is 1. The Hall–Kier alpha value is -4.85. The van der Waals surface area contributed by atoms with Gasteiger partial charge in [0, 0.05) is 49.0 Å². The topological polar surface area (TPSA) is 56.0 Å². The maximum atomic E-state index is 13.9. The van der Waals surface area contributed by atoms with E-state index >= 15 is 0 Å². The highest BCUT2D eigenvalue weighted by molar-refractivity contribution is 5.97. The van der Waals surface area contributed by atoms with Crippen LogP contribution in [0.2, 0.25) is 0 Å². The van der Waals surface area contributed by atoms with Crippen LogP contribution in [-0.4, -0.2) is 43.0 Å². The van der Waals surface area contributed by atoms with E-state index < -0.39 is 0 Å². The van der Waals surface area contributed by atoms with Gasteiger partial charge in [-0.2, -0.15) is 0 Å². The van der Waals surface area contributed by atoms with Gasteiger partial charge in [0.25, 0.3) is 5.91 Å². The molecule has 1 aliphatic rings. The lowest BCUT2D eigenvalue weighted by Gasteiger charge is -2.32. The zero-order valence-corrected chi connectivity index (χ0v) is 22.3. The number of piperidine rings is 1. The van der Waals surface area contributed by atoms with Crippen LogP contribution in [0.5, 0.6) is 0 Å². The van der Waals surface area contributed by atoms with Crippen LogP contribution in [0, 0.1) is 11.6 Å². The average molecular weight is 548 g/mol. The molecule has 0 spiro atoms. The summed E-state index contributed by atoms with van der Waals surface area (Å²) >= 11 is 0. The van der Waals surface area contributed by atoms with Crippen LogP contribution in [0.1, 0.15) is 40.5 Å². The molecule has 3 aromatic heterocycles. The highest BCUT2D eigenvalue weighted by Gasteiger charge is 2.28. The Labute approximate surface area is 235 Å². The summed E-state index contributed by atoms with van der Waals surface area (Å²) in [6.45, 7) is 1.75. The lowest BCUT2D eigenvalue weighted by atomic mass is 9.95. The van der Waals surface area contributed by atoms with E-state index in [1.54, 1.807) is 24.4 Å². The number of hydrogen-bond acceptors (Lipinski definition) is 3. The minimum Gasteiger partial charge on any atom is -0.339 e. The van der Waals surface area contributed by atoms with Crippen molar-refractivity contribution in [3.63, 3.8) is 0 Å². The van der Waals surface area contributed by atoms with Crippen molar-refractivity contribution < 1.29 is 13.6 Å². The van der Waals surface area contributed by atoms with Crippen molar-refractivity contribution in [1.29, 1.82) is 0 Å². The zero-order chi connectivity index (χ0) is 27.9. The molecular formula is C33H27F2N5O. The standard InChI is InChI=1S/C33H27F2N5O/c34-26-6-3-5-22(17-26)21-40-30-10-2-1-9-29(30)37-32(40)23-11-14-38(15-12-23)33(41)25-18-24-13-16-39(31(24)36-20-25)28-8-4-7-27(35)19-28/h1-10,13,16-20,23H,11-12,14-15,21H2. The van der Waals surface area contributed by atoms with Crippen LogP contribution in [0.4, 0.5) is 8.78 Å². The summed E-state index contributed by atoms with van der Waals surface area (Å²) in [5, 5.41) is 0.820. The van der Waals surface area contributed by atoms with Crippen molar-refractivity contribution in [2.45, 2.75) is 25.3 Å². The predicted octanol–water partition coefficient (Wildman–Crippen LogP) is 6.72. The molecule has 1 fully saturated rings. The molecule has 0 aliphatic carbocycles. The third-order valence-electron chi connectivity index (χ3n) is 7.92. The lowest BCUT2D eigenvalue weighted by Crippen LogP contribution is -2.38. The van der Waals surface area contributed by atoms with E-state index in [2.05, 4.69) is 15.6 Å². The molecule has 204 valence electrons. The highest BCUT2D eigenvalue weighted by atomic mass is 19.1. The number of likely N-dealkylation sites (tertiary alicyclic amines) is 1. The van der Waals surface area contributed by atoms with Crippen LogP contribution >= 0.6 is 0 Å². The summed E-state index contributed by atoms with van der Waals surface area (Å²) in [5.41, 5.74) is 4.71. The number of carbonyl (C=O) groups excluding carboxylic acids is 1. The van der Waals surface area contributed by atoms with Gasteiger partial charge in [-0.15, -0.1) is 0 Å². The smallest absolute Gasteiger partial charge is 0.255 e. The Morgan fingerprint density at radius 3 is 2.46 bits per heavy atom. The van der Waals surface area contributed by atoms with E-state index in [9.17, 15) is 13.6 Å². The van der Waals surface area contributed by atoms with Crippen molar-refractivity contribution in [2.24, 2.45) is 0 Å². The summed E-state index contributed by atoms with van der Waals surface area (Å²) in [6, 6.07) is 24.8. The van der Waals surface area contributed by atoms with Gasteiger partial charge < -0.3 is 14.0 Å². The molecule has 0 radical (unpaired) electrons.